The summed E-state index contributed by atoms with van der Waals surface area (Å²) >= 11 is 5.76. The molecule has 0 aromatic heterocycles. The van der Waals surface area contributed by atoms with Gasteiger partial charge in [0.25, 0.3) is 0 Å². The molecule has 1 aliphatic carbocycles. The molecule has 1 saturated carbocycles. The quantitative estimate of drug-likeness (QED) is 0.535. The van der Waals surface area contributed by atoms with Gasteiger partial charge in [0.05, 0.1) is 12.0 Å². The van der Waals surface area contributed by atoms with E-state index in [2.05, 4.69) is 0 Å². The summed E-state index contributed by atoms with van der Waals surface area (Å²) in [6.45, 7) is 2.33. The lowest BCUT2D eigenvalue weighted by Gasteiger charge is -2.34. The number of hydrogen-bond donors (Lipinski definition) is 0. The summed E-state index contributed by atoms with van der Waals surface area (Å²) in [6.07, 6.45) is 6.19. The molecule has 0 bridgehead atoms. The van der Waals surface area contributed by atoms with Crippen LogP contribution < -0.4 is 0 Å². The van der Waals surface area contributed by atoms with Crippen LogP contribution in [0.1, 0.15) is 45.4 Å². The molecule has 0 aliphatic heterocycles. The van der Waals surface area contributed by atoms with Crippen molar-refractivity contribution in [2.75, 3.05) is 12.5 Å². The number of hydrogen-bond acceptors (Lipinski definition) is 2. The van der Waals surface area contributed by atoms with E-state index in [1.165, 1.54) is 6.42 Å². The van der Waals surface area contributed by atoms with Gasteiger partial charge in [-0.3, -0.25) is 4.79 Å². The topological polar surface area (TPSA) is 26.3 Å². The van der Waals surface area contributed by atoms with Crippen LogP contribution in [0.2, 0.25) is 0 Å². The highest BCUT2D eigenvalue weighted by molar-refractivity contribution is 6.18. The van der Waals surface area contributed by atoms with Gasteiger partial charge in [0.1, 0.15) is 0 Å². The van der Waals surface area contributed by atoms with Crippen molar-refractivity contribution in [3.63, 3.8) is 0 Å². The smallest absolute Gasteiger partial charge is 0.312 e. The number of esters is 1. The Morgan fingerprint density at radius 3 is 2.50 bits per heavy atom. The number of carbonyl (C=O) groups is 1. The van der Waals surface area contributed by atoms with Crippen molar-refractivity contribution < 1.29 is 9.53 Å². The first-order chi connectivity index (χ1) is 6.75. The van der Waals surface area contributed by atoms with Gasteiger partial charge in [0.15, 0.2) is 0 Å². The number of alkyl halides is 1. The maximum atomic E-state index is 11.8. The second-order valence-electron chi connectivity index (χ2n) is 4.00. The molecule has 0 spiro atoms. The van der Waals surface area contributed by atoms with Crippen LogP contribution in [0.4, 0.5) is 0 Å². The van der Waals surface area contributed by atoms with Gasteiger partial charge in [0.2, 0.25) is 0 Å². The first-order valence-electron chi connectivity index (χ1n) is 5.48. The second-order valence-corrected chi connectivity index (χ2v) is 4.38. The first-order valence-corrected chi connectivity index (χ1v) is 6.02. The monoisotopic (exact) mass is 218 g/mol. The van der Waals surface area contributed by atoms with E-state index >= 15 is 0 Å². The van der Waals surface area contributed by atoms with Gasteiger partial charge in [-0.05, 0) is 26.2 Å². The Bertz CT molecular complexity index is 180. The predicted octanol–water partition coefficient (Wildman–Crippen LogP) is 3.13. The van der Waals surface area contributed by atoms with E-state index in [1.807, 2.05) is 6.92 Å². The van der Waals surface area contributed by atoms with Crippen molar-refractivity contribution in [2.24, 2.45) is 5.41 Å². The summed E-state index contributed by atoms with van der Waals surface area (Å²) in [5, 5.41) is 0. The summed E-state index contributed by atoms with van der Waals surface area (Å²) in [5.74, 6) is 0.527. The zero-order valence-corrected chi connectivity index (χ0v) is 9.61. The molecule has 0 unspecified atom stereocenters. The van der Waals surface area contributed by atoms with Gasteiger partial charge >= 0.3 is 5.97 Å². The molecule has 0 aromatic rings. The molecule has 0 saturated heterocycles. The van der Waals surface area contributed by atoms with E-state index in [4.69, 9.17) is 16.3 Å². The van der Waals surface area contributed by atoms with Crippen LogP contribution in [-0.2, 0) is 9.53 Å². The lowest BCUT2D eigenvalue weighted by atomic mass is 9.72. The third kappa shape index (κ3) is 2.63. The van der Waals surface area contributed by atoms with E-state index in [-0.39, 0.29) is 11.4 Å². The molecule has 0 amide bonds. The van der Waals surface area contributed by atoms with Crippen LogP contribution in [0.25, 0.3) is 0 Å². The second kappa shape index (κ2) is 5.59. The third-order valence-electron chi connectivity index (χ3n) is 3.09. The van der Waals surface area contributed by atoms with Crippen molar-refractivity contribution in [3.05, 3.63) is 0 Å². The Morgan fingerprint density at radius 2 is 2.00 bits per heavy atom. The van der Waals surface area contributed by atoms with E-state index in [1.54, 1.807) is 0 Å². The Morgan fingerprint density at radius 1 is 1.36 bits per heavy atom. The minimum Gasteiger partial charge on any atom is -0.466 e. The van der Waals surface area contributed by atoms with Gasteiger partial charge in [-0.2, -0.15) is 0 Å². The fourth-order valence-electron chi connectivity index (χ4n) is 2.25. The molecule has 1 fully saturated rings. The highest BCUT2D eigenvalue weighted by atomic mass is 35.5. The minimum absolute atomic E-state index is 0.0275. The average molecular weight is 219 g/mol. The van der Waals surface area contributed by atoms with Gasteiger partial charge in [-0.1, -0.05) is 19.3 Å². The Hall–Kier alpha value is -0.240. The third-order valence-corrected chi connectivity index (χ3v) is 3.28. The molecule has 1 rings (SSSR count). The van der Waals surface area contributed by atoms with Crippen LogP contribution in [-0.4, -0.2) is 18.5 Å². The zero-order chi connectivity index (χ0) is 10.4. The molecule has 2 nitrogen and oxygen atoms in total. The molecule has 0 N–H and O–H groups in total. The maximum Gasteiger partial charge on any atom is 0.312 e. The zero-order valence-electron chi connectivity index (χ0n) is 8.85. The van der Waals surface area contributed by atoms with E-state index in [9.17, 15) is 4.79 Å². The maximum absolute atomic E-state index is 11.8. The van der Waals surface area contributed by atoms with Crippen molar-refractivity contribution in [1.29, 1.82) is 0 Å². The molecule has 0 radical (unpaired) electrons. The van der Waals surface area contributed by atoms with Gasteiger partial charge < -0.3 is 4.74 Å². The van der Waals surface area contributed by atoms with Crippen molar-refractivity contribution in [1.82, 2.24) is 0 Å². The van der Waals surface area contributed by atoms with Crippen molar-refractivity contribution in [3.8, 4) is 0 Å². The summed E-state index contributed by atoms with van der Waals surface area (Å²) in [4.78, 5) is 11.8. The minimum atomic E-state index is -0.254. The largest absolute Gasteiger partial charge is 0.466 e. The van der Waals surface area contributed by atoms with Gasteiger partial charge in [-0.15, -0.1) is 11.6 Å². The SMILES string of the molecule is CCOC(=O)C1(CCCl)CCCCC1. The highest BCUT2D eigenvalue weighted by Crippen LogP contribution is 2.40. The standard InChI is InChI=1S/C11H19ClO2/c1-2-14-10(13)11(8-9-12)6-4-3-5-7-11/h2-9H2,1H3. The summed E-state index contributed by atoms with van der Waals surface area (Å²) in [7, 11) is 0. The molecular formula is C11H19ClO2. The van der Waals surface area contributed by atoms with Crippen LogP contribution >= 0.6 is 11.6 Å². The summed E-state index contributed by atoms with van der Waals surface area (Å²) in [5.41, 5.74) is -0.254. The predicted molar refractivity (Wildman–Crippen MR) is 57.5 cm³/mol. The Labute approximate surface area is 91.0 Å². The molecule has 0 heterocycles. The highest BCUT2D eigenvalue weighted by Gasteiger charge is 2.39. The normalized spacial score (nSPS) is 20.4. The number of ether oxygens (including phenoxy) is 1. The van der Waals surface area contributed by atoms with Gasteiger partial charge in [-0.25, -0.2) is 0 Å². The molecule has 1 aliphatic rings. The van der Waals surface area contributed by atoms with E-state index in [0.717, 1.165) is 32.1 Å². The molecule has 0 atom stereocenters. The molecule has 14 heavy (non-hydrogen) atoms. The average Bonchev–Trinajstić information content (AvgIpc) is 2.20. The van der Waals surface area contributed by atoms with Gasteiger partial charge in [0, 0.05) is 5.88 Å². The van der Waals surface area contributed by atoms with Crippen LogP contribution in [0.15, 0.2) is 0 Å². The first kappa shape index (κ1) is 11.8. The number of halogens is 1. The molecule has 0 aromatic carbocycles. The molecule has 82 valence electrons. The van der Waals surface area contributed by atoms with Crippen molar-refractivity contribution >= 4 is 17.6 Å². The molecular weight excluding hydrogens is 200 g/mol. The fraction of sp³-hybridized carbons (Fsp3) is 0.909. The van der Waals surface area contributed by atoms with Crippen LogP contribution in [0.3, 0.4) is 0 Å². The Balaban J connectivity index is 2.63. The Kier molecular flexibility index (Phi) is 4.73. The number of carbonyl (C=O) groups excluding carboxylic acids is 1. The van der Waals surface area contributed by atoms with Crippen LogP contribution in [0, 0.1) is 5.41 Å². The van der Waals surface area contributed by atoms with E-state index < -0.39 is 0 Å². The van der Waals surface area contributed by atoms with Crippen molar-refractivity contribution in [2.45, 2.75) is 45.4 Å². The summed E-state index contributed by atoms with van der Waals surface area (Å²) in [6, 6.07) is 0. The fourth-order valence-corrected chi connectivity index (χ4v) is 2.61. The van der Waals surface area contributed by atoms with Crippen LogP contribution in [0.5, 0.6) is 0 Å². The molecule has 3 heteroatoms. The number of rotatable bonds is 4. The lowest BCUT2D eigenvalue weighted by molar-refractivity contribution is -0.157. The summed E-state index contributed by atoms with van der Waals surface area (Å²) < 4.78 is 5.14. The van der Waals surface area contributed by atoms with E-state index in [0.29, 0.717) is 12.5 Å². The lowest BCUT2D eigenvalue weighted by Crippen LogP contribution is -2.35.